The zero-order chi connectivity index (χ0) is 12.7. The first kappa shape index (κ1) is 14.0. The van der Waals surface area contributed by atoms with Crippen LogP contribution in [0.1, 0.15) is 46.0 Å². The first-order valence-electron chi connectivity index (χ1n) is 6.49. The third kappa shape index (κ3) is 4.73. The minimum absolute atomic E-state index is 0.0726. The highest BCUT2D eigenvalue weighted by molar-refractivity contribution is 5.88. The van der Waals surface area contributed by atoms with Crippen LogP contribution in [0.15, 0.2) is 23.8 Å². The number of allylic oxidation sites excluding steroid dienone is 3. The second-order valence-corrected chi connectivity index (χ2v) is 4.52. The second-order valence-electron chi connectivity index (χ2n) is 4.52. The Kier molecular flexibility index (Phi) is 5.98. The summed E-state index contributed by atoms with van der Waals surface area (Å²) in [6.07, 6.45) is 9.75. The molecule has 0 aromatic rings. The van der Waals surface area contributed by atoms with Crippen molar-refractivity contribution in [2.45, 2.75) is 58.1 Å². The van der Waals surface area contributed by atoms with Crippen LogP contribution < -0.4 is 5.32 Å². The monoisotopic (exact) mass is 237 g/mol. The number of amides is 1. The Morgan fingerprint density at radius 2 is 2.06 bits per heavy atom. The maximum atomic E-state index is 11.7. The van der Waals surface area contributed by atoms with E-state index >= 15 is 0 Å². The molecule has 1 rings (SSSR count). The molecule has 0 aliphatic heterocycles. The second kappa shape index (κ2) is 7.28. The third-order valence-corrected chi connectivity index (χ3v) is 3.28. The molecule has 1 aliphatic carbocycles. The molecule has 1 fully saturated rings. The number of aliphatic hydroxyl groups is 1. The van der Waals surface area contributed by atoms with Crippen LogP contribution in [-0.2, 0) is 4.79 Å². The summed E-state index contributed by atoms with van der Waals surface area (Å²) in [7, 11) is 0. The van der Waals surface area contributed by atoms with Crippen LogP contribution in [-0.4, -0.2) is 23.2 Å². The van der Waals surface area contributed by atoms with Crippen molar-refractivity contribution >= 4 is 5.91 Å². The summed E-state index contributed by atoms with van der Waals surface area (Å²) in [5, 5.41) is 12.6. The Morgan fingerprint density at radius 3 is 2.65 bits per heavy atom. The number of nitrogens with one attached hydrogen (secondary N) is 1. The fourth-order valence-corrected chi connectivity index (χ4v) is 2.11. The van der Waals surface area contributed by atoms with Gasteiger partial charge in [-0.3, -0.25) is 4.79 Å². The number of carbonyl (C=O) groups excluding carboxylic acids is 1. The zero-order valence-corrected chi connectivity index (χ0v) is 10.8. The molecule has 0 radical (unpaired) electrons. The average Bonchev–Trinajstić information content (AvgIpc) is 2.33. The van der Waals surface area contributed by atoms with Crippen molar-refractivity contribution in [1.29, 1.82) is 0 Å². The summed E-state index contributed by atoms with van der Waals surface area (Å²) in [5.74, 6) is -0.108. The highest BCUT2D eigenvalue weighted by Gasteiger charge is 2.23. The lowest BCUT2D eigenvalue weighted by molar-refractivity contribution is -0.118. The summed E-state index contributed by atoms with van der Waals surface area (Å²) < 4.78 is 0. The van der Waals surface area contributed by atoms with Crippen LogP contribution in [0.2, 0.25) is 0 Å². The molecular formula is C14H23NO2. The maximum absolute atomic E-state index is 11.7. The SMILES string of the molecule is CC=C(C=CC(=O)NC1CCCCC1O)CC. The average molecular weight is 237 g/mol. The molecule has 0 spiro atoms. The molecule has 17 heavy (non-hydrogen) atoms. The first-order valence-corrected chi connectivity index (χ1v) is 6.49. The van der Waals surface area contributed by atoms with Crippen molar-refractivity contribution in [3.8, 4) is 0 Å². The molecule has 0 aromatic heterocycles. The van der Waals surface area contributed by atoms with Crippen LogP contribution in [0.4, 0.5) is 0 Å². The molecule has 0 bridgehead atoms. The molecule has 0 heterocycles. The Labute approximate surface area is 104 Å². The molecule has 0 saturated heterocycles. The van der Waals surface area contributed by atoms with E-state index in [0.29, 0.717) is 0 Å². The predicted octanol–water partition coefficient (Wildman–Crippen LogP) is 2.32. The van der Waals surface area contributed by atoms with Gasteiger partial charge in [0.25, 0.3) is 0 Å². The molecule has 3 nitrogen and oxygen atoms in total. The molecular weight excluding hydrogens is 214 g/mol. The molecule has 96 valence electrons. The van der Waals surface area contributed by atoms with Gasteiger partial charge in [0, 0.05) is 6.08 Å². The Balaban J connectivity index is 2.43. The smallest absolute Gasteiger partial charge is 0.244 e. The number of rotatable bonds is 4. The lowest BCUT2D eigenvalue weighted by Crippen LogP contribution is -2.44. The van der Waals surface area contributed by atoms with Crippen LogP contribution in [0.5, 0.6) is 0 Å². The van der Waals surface area contributed by atoms with Gasteiger partial charge in [-0.2, -0.15) is 0 Å². The summed E-state index contributed by atoms with van der Waals surface area (Å²) in [6.45, 7) is 4.02. The van der Waals surface area contributed by atoms with Gasteiger partial charge in [0.2, 0.25) is 5.91 Å². The molecule has 2 unspecified atom stereocenters. The van der Waals surface area contributed by atoms with E-state index in [1.807, 2.05) is 19.1 Å². The number of hydrogen-bond donors (Lipinski definition) is 2. The van der Waals surface area contributed by atoms with Crippen LogP contribution in [0, 0.1) is 0 Å². The van der Waals surface area contributed by atoms with E-state index in [-0.39, 0.29) is 18.1 Å². The highest BCUT2D eigenvalue weighted by Crippen LogP contribution is 2.18. The predicted molar refractivity (Wildman–Crippen MR) is 69.6 cm³/mol. The van der Waals surface area contributed by atoms with Gasteiger partial charge in [0.1, 0.15) is 0 Å². The number of carbonyl (C=O) groups is 1. The summed E-state index contributed by atoms with van der Waals surface area (Å²) in [5.41, 5.74) is 1.14. The first-order chi connectivity index (χ1) is 8.17. The molecule has 2 atom stereocenters. The van der Waals surface area contributed by atoms with Gasteiger partial charge in [-0.1, -0.05) is 37.5 Å². The zero-order valence-electron chi connectivity index (χ0n) is 10.8. The largest absolute Gasteiger partial charge is 0.391 e. The molecule has 3 heteroatoms. The van der Waals surface area contributed by atoms with Crippen molar-refractivity contribution in [2.24, 2.45) is 0 Å². The summed E-state index contributed by atoms with van der Waals surface area (Å²) in [6, 6.07) is -0.0726. The fourth-order valence-electron chi connectivity index (χ4n) is 2.11. The summed E-state index contributed by atoms with van der Waals surface area (Å²) in [4.78, 5) is 11.7. The molecule has 2 N–H and O–H groups in total. The van der Waals surface area contributed by atoms with Crippen LogP contribution >= 0.6 is 0 Å². The van der Waals surface area contributed by atoms with Gasteiger partial charge >= 0.3 is 0 Å². The normalized spacial score (nSPS) is 26.2. The van der Waals surface area contributed by atoms with E-state index < -0.39 is 0 Å². The van der Waals surface area contributed by atoms with Gasteiger partial charge < -0.3 is 10.4 Å². The Hall–Kier alpha value is -1.09. The van der Waals surface area contributed by atoms with Crippen molar-refractivity contribution in [2.75, 3.05) is 0 Å². The van der Waals surface area contributed by atoms with Gasteiger partial charge in [-0.15, -0.1) is 0 Å². The van der Waals surface area contributed by atoms with Crippen LogP contribution in [0.25, 0.3) is 0 Å². The number of hydrogen-bond acceptors (Lipinski definition) is 2. The van der Waals surface area contributed by atoms with E-state index in [2.05, 4.69) is 12.2 Å². The van der Waals surface area contributed by atoms with E-state index in [9.17, 15) is 9.90 Å². The third-order valence-electron chi connectivity index (χ3n) is 3.28. The van der Waals surface area contributed by atoms with Gasteiger partial charge in [0.15, 0.2) is 0 Å². The highest BCUT2D eigenvalue weighted by atomic mass is 16.3. The van der Waals surface area contributed by atoms with Gasteiger partial charge in [0.05, 0.1) is 12.1 Å². The Morgan fingerprint density at radius 1 is 1.35 bits per heavy atom. The van der Waals surface area contributed by atoms with E-state index in [1.165, 1.54) is 0 Å². The fraction of sp³-hybridized carbons (Fsp3) is 0.643. The lowest BCUT2D eigenvalue weighted by atomic mass is 9.92. The minimum atomic E-state index is -0.381. The number of aliphatic hydroxyl groups excluding tert-OH is 1. The van der Waals surface area contributed by atoms with E-state index in [0.717, 1.165) is 37.7 Å². The van der Waals surface area contributed by atoms with E-state index in [1.54, 1.807) is 6.08 Å². The molecule has 1 amide bonds. The minimum Gasteiger partial charge on any atom is -0.391 e. The van der Waals surface area contributed by atoms with Crippen molar-refractivity contribution in [3.63, 3.8) is 0 Å². The molecule has 0 aromatic carbocycles. The van der Waals surface area contributed by atoms with E-state index in [4.69, 9.17) is 0 Å². The molecule has 1 saturated carbocycles. The van der Waals surface area contributed by atoms with Crippen molar-refractivity contribution in [1.82, 2.24) is 5.32 Å². The van der Waals surface area contributed by atoms with Gasteiger partial charge in [-0.05, 0) is 26.2 Å². The quantitative estimate of drug-likeness (QED) is 0.582. The Bertz CT molecular complexity index is 307. The topological polar surface area (TPSA) is 49.3 Å². The van der Waals surface area contributed by atoms with Gasteiger partial charge in [-0.25, -0.2) is 0 Å². The summed E-state index contributed by atoms with van der Waals surface area (Å²) >= 11 is 0. The lowest BCUT2D eigenvalue weighted by Gasteiger charge is -2.27. The maximum Gasteiger partial charge on any atom is 0.244 e. The van der Waals surface area contributed by atoms with Crippen molar-refractivity contribution < 1.29 is 9.90 Å². The molecule has 1 aliphatic rings. The standard InChI is InChI=1S/C14H23NO2/c1-3-11(4-2)9-10-14(17)15-12-7-5-6-8-13(12)16/h3,9-10,12-13,16H,4-8H2,1-2H3,(H,15,17). The van der Waals surface area contributed by atoms with Crippen LogP contribution in [0.3, 0.4) is 0 Å². The van der Waals surface area contributed by atoms with Crippen molar-refractivity contribution in [3.05, 3.63) is 23.8 Å².